The maximum atomic E-state index is 13.9. The monoisotopic (exact) mass is 461 g/mol. The SMILES string of the molecule is CCC(C)N(C(=O)c1ccoc1)C(C)CCc1nc(C(C)C)cc(-c2cccc(F)c2)c1C#N. The van der Waals surface area contributed by atoms with Crippen molar-refractivity contribution in [2.45, 2.75) is 71.9 Å². The number of hydrogen-bond donors (Lipinski definition) is 0. The lowest BCUT2D eigenvalue weighted by Crippen LogP contribution is -2.44. The van der Waals surface area contributed by atoms with Crippen LogP contribution in [0.5, 0.6) is 0 Å². The number of hydrogen-bond acceptors (Lipinski definition) is 4. The number of nitrogens with zero attached hydrogens (tertiary/aromatic N) is 3. The molecule has 2 heterocycles. The van der Waals surface area contributed by atoms with E-state index in [1.54, 1.807) is 12.1 Å². The Morgan fingerprint density at radius 2 is 1.94 bits per heavy atom. The highest BCUT2D eigenvalue weighted by Crippen LogP contribution is 2.30. The molecule has 2 aromatic heterocycles. The largest absolute Gasteiger partial charge is 0.472 e. The summed E-state index contributed by atoms with van der Waals surface area (Å²) in [4.78, 5) is 19.9. The zero-order valence-electron chi connectivity index (χ0n) is 20.5. The number of carbonyl (C=O) groups excluding carboxylic acids is 1. The van der Waals surface area contributed by atoms with Crippen molar-refractivity contribution in [3.63, 3.8) is 0 Å². The van der Waals surface area contributed by atoms with Crippen molar-refractivity contribution in [3.05, 3.63) is 77.3 Å². The second kappa shape index (κ2) is 11.1. The van der Waals surface area contributed by atoms with Crippen LogP contribution in [0.25, 0.3) is 11.1 Å². The average Bonchev–Trinajstić information content (AvgIpc) is 3.37. The molecule has 34 heavy (non-hydrogen) atoms. The summed E-state index contributed by atoms with van der Waals surface area (Å²) in [5.74, 6) is -0.266. The standard InChI is InChI=1S/C28H32FN3O2/c1-6-19(4)32(28(33)22-12-13-34-17-22)20(5)10-11-26-25(16-30)24(15-27(31-26)18(2)3)21-8-7-9-23(29)14-21/h7-9,12-15,17-20H,6,10-11H2,1-5H3. The lowest BCUT2D eigenvalue weighted by atomic mass is 9.93. The number of halogens is 1. The van der Waals surface area contributed by atoms with Crippen molar-refractivity contribution in [2.75, 3.05) is 0 Å². The van der Waals surface area contributed by atoms with Crippen LogP contribution >= 0.6 is 0 Å². The molecule has 0 fully saturated rings. The highest BCUT2D eigenvalue weighted by molar-refractivity contribution is 5.94. The molecule has 3 rings (SSSR count). The predicted octanol–water partition coefficient (Wildman–Crippen LogP) is 6.74. The fraction of sp³-hybridized carbons (Fsp3) is 0.393. The summed E-state index contributed by atoms with van der Waals surface area (Å²) in [6.07, 6.45) is 4.96. The van der Waals surface area contributed by atoms with Crippen LogP contribution < -0.4 is 0 Å². The molecule has 178 valence electrons. The summed E-state index contributed by atoms with van der Waals surface area (Å²) in [6, 6.07) is 12.1. The van der Waals surface area contributed by atoms with Crippen LogP contribution in [-0.2, 0) is 6.42 Å². The van der Waals surface area contributed by atoms with E-state index >= 15 is 0 Å². The molecule has 0 spiro atoms. The quantitative estimate of drug-likeness (QED) is 0.354. The topological polar surface area (TPSA) is 70.1 Å². The zero-order chi connectivity index (χ0) is 24.8. The summed E-state index contributed by atoms with van der Waals surface area (Å²) in [5, 5.41) is 10.0. The number of rotatable bonds is 9. The Kier molecular flexibility index (Phi) is 8.22. The molecule has 2 unspecified atom stereocenters. The fourth-order valence-corrected chi connectivity index (χ4v) is 4.16. The smallest absolute Gasteiger partial charge is 0.257 e. The van der Waals surface area contributed by atoms with Crippen molar-refractivity contribution in [1.82, 2.24) is 9.88 Å². The van der Waals surface area contributed by atoms with E-state index < -0.39 is 0 Å². The van der Waals surface area contributed by atoms with Crippen molar-refractivity contribution in [1.29, 1.82) is 5.26 Å². The Labute approximate surface area is 201 Å². The van der Waals surface area contributed by atoms with Crippen LogP contribution in [-0.4, -0.2) is 27.9 Å². The van der Waals surface area contributed by atoms with Crippen LogP contribution in [0.2, 0.25) is 0 Å². The van der Waals surface area contributed by atoms with Crippen molar-refractivity contribution < 1.29 is 13.6 Å². The maximum absolute atomic E-state index is 13.9. The fourth-order valence-electron chi connectivity index (χ4n) is 4.16. The first-order valence-electron chi connectivity index (χ1n) is 11.8. The van der Waals surface area contributed by atoms with Gasteiger partial charge in [0.15, 0.2) is 0 Å². The normalized spacial score (nSPS) is 12.9. The maximum Gasteiger partial charge on any atom is 0.257 e. The van der Waals surface area contributed by atoms with E-state index in [1.165, 1.54) is 24.7 Å². The molecule has 0 N–H and O–H groups in total. The molecule has 1 amide bonds. The first-order valence-corrected chi connectivity index (χ1v) is 11.8. The predicted molar refractivity (Wildman–Crippen MR) is 131 cm³/mol. The third-order valence-corrected chi connectivity index (χ3v) is 6.30. The third kappa shape index (κ3) is 5.53. The minimum absolute atomic E-state index is 0.0469. The van der Waals surface area contributed by atoms with E-state index in [-0.39, 0.29) is 29.7 Å². The molecule has 0 bridgehead atoms. The van der Waals surface area contributed by atoms with E-state index in [1.807, 2.05) is 44.7 Å². The molecule has 0 aliphatic rings. The first-order chi connectivity index (χ1) is 16.3. The van der Waals surface area contributed by atoms with Gasteiger partial charge in [0.1, 0.15) is 18.1 Å². The van der Waals surface area contributed by atoms with Crippen LogP contribution in [0.4, 0.5) is 4.39 Å². The van der Waals surface area contributed by atoms with Gasteiger partial charge in [0.2, 0.25) is 0 Å². The van der Waals surface area contributed by atoms with Gasteiger partial charge in [-0.25, -0.2) is 4.39 Å². The van der Waals surface area contributed by atoms with Crippen LogP contribution in [0.15, 0.2) is 53.3 Å². The third-order valence-electron chi connectivity index (χ3n) is 6.30. The van der Waals surface area contributed by atoms with Gasteiger partial charge < -0.3 is 9.32 Å². The van der Waals surface area contributed by atoms with Crippen molar-refractivity contribution >= 4 is 5.91 Å². The summed E-state index contributed by atoms with van der Waals surface area (Å²) in [5.41, 5.74) is 3.87. The Morgan fingerprint density at radius 1 is 1.18 bits per heavy atom. The van der Waals surface area contributed by atoms with E-state index in [2.05, 4.69) is 13.0 Å². The molecule has 1 aromatic carbocycles. The molecule has 0 saturated carbocycles. The number of benzene rings is 1. The van der Waals surface area contributed by atoms with Gasteiger partial charge in [0.05, 0.1) is 23.1 Å². The van der Waals surface area contributed by atoms with Gasteiger partial charge in [0.25, 0.3) is 5.91 Å². The number of amides is 1. The highest BCUT2D eigenvalue weighted by Gasteiger charge is 2.27. The minimum atomic E-state index is -0.346. The van der Waals surface area contributed by atoms with Gasteiger partial charge in [0, 0.05) is 23.3 Å². The molecule has 0 aliphatic heterocycles. The summed E-state index contributed by atoms with van der Waals surface area (Å²) >= 11 is 0. The lowest BCUT2D eigenvalue weighted by Gasteiger charge is -2.34. The van der Waals surface area contributed by atoms with Gasteiger partial charge >= 0.3 is 0 Å². The summed E-state index contributed by atoms with van der Waals surface area (Å²) < 4.78 is 19.1. The highest BCUT2D eigenvalue weighted by atomic mass is 19.1. The summed E-state index contributed by atoms with van der Waals surface area (Å²) in [7, 11) is 0. The number of pyridine rings is 1. The van der Waals surface area contributed by atoms with Crippen molar-refractivity contribution in [3.8, 4) is 17.2 Å². The van der Waals surface area contributed by atoms with E-state index in [0.717, 1.165) is 12.1 Å². The van der Waals surface area contributed by atoms with Crippen LogP contribution in [0.3, 0.4) is 0 Å². The molecular formula is C28H32FN3O2. The Hall–Kier alpha value is -3.46. The summed E-state index contributed by atoms with van der Waals surface area (Å²) in [6.45, 7) is 10.2. The minimum Gasteiger partial charge on any atom is -0.472 e. The molecular weight excluding hydrogens is 429 g/mol. The number of nitriles is 1. The number of carbonyl (C=O) groups is 1. The average molecular weight is 462 g/mol. The molecule has 0 radical (unpaired) electrons. The van der Waals surface area contributed by atoms with Gasteiger partial charge in [-0.05, 0) is 68.9 Å². The number of aryl methyl sites for hydroxylation is 1. The number of furan rings is 1. The van der Waals surface area contributed by atoms with E-state index in [4.69, 9.17) is 9.40 Å². The van der Waals surface area contributed by atoms with Gasteiger partial charge in [-0.2, -0.15) is 5.26 Å². The van der Waals surface area contributed by atoms with Crippen LogP contribution in [0.1, 0.15) is 80.7 Å². The molecule has 6 heteroatoms. The molecule has 5 nitrogen and oxygen atoms in total. The molecule has 0 aliphatic carbocycles. The van der Waals surface area contributed by atoms with E-state index in [0.29, 0.717) is 40.8 Å². The Balaban J connectivity index is 1.95. The van der Waals surface area contributed by atoms with Gasteiger partial charge in [-0.3, -0.25) is 9.78 Å². The number of aromatic nitrogens is 1. The van der Waals surface area contributed by atoms with Crippen LogP contribution in [0, 0.1) is 17.1 Å². The van der Waals surface area contributed by atoms with Gasteiger partial charge in [-0.15, -0.1) is 0 Å². The van der Waals surface area contributed by atoms with E-state index in [9.17, 15) is 14.4 Å². The molecule has 2 atom stereocenters. The Bertz CT molecular complexity index is 1160. The van der Waals surface area contributed by atoms with Crippen molar-refractivity contribution in [2.24, 2.45) is 0 Å². The Morgan fingerprint density at radius 3 is 2.53 bits per heavy atom. The zero-order valence-corrected chi connectivity index (χ0v) is 20.5. The van der Waals surface area contributed by atoms with Gasteiger partial charge in [-0.1, -0.05) is 32.9 Å². The molecule has 0 saturated heterocycles. The first kappa shape index (κ1) is 25.2. The second-order valence-electron chi connectivity index (χ2n) is 9.06. The second-order valence-corrected chi connectivity index (χ2v) is 9.06. The lowest BCUT2D eigenvalue weighted by molar-refractivity contribution is 0.0592. The molecule has 3 aromatic rings.